The molecule has 0 N–H and O–H groups in total. The predicted molar refractivity (Wildman–Crippen MR) is 98.2 cm³/mol. The van der Waals surface area contributed by atoms with Crippen LogP contribution in [0.4, 0.5) is 0 Å². The van der Waals surface area contributed by atoms with E-state index in [0.717, 1.165) is 5.75 Å². The zero-order valence-corrected chi connectivity index (χ0v) is 13.3. The van der Waals surface area contributed by atoms with Gasteiger partial charge in [0.1, 0.15) is 5.75 Å². The van der Waals surface area contributed by atoms with E-state index in [1.54, 1.807) is 7.11 Å². The maximum atomic E-state index is 5.69. The molecule has 23 heavy (non-hydrogen) atoms. The van der Waals surface area contributed by atoms with Crippen LogP contribution in [0.15, 0.2) is 72.8 Å². The number of rotatable bonds is 2. The molecule has 112 valence electrons. The summed E-state index contributed by atoms with van der Waals surface area (Å²) >= 11 is 0. The second kappa shape index (κ2) is 5.44. The lowest BCUT2D eigenvalue weighted by Gasteiger charge is -2.15. The normalized spacial score (nSPS) is 11.0. The van der Waals surface area contributed by atoms with Crippen LogP contribution >= 0.6 is 0 Å². The molecular weight excluding hydrogens is 280 g/mol. The number of ether oxygens (including phenoxy) is 1. The molecule has 4 aromatic carbocycles. The van der Waals surface area contributed by atoms with Gasteiger partial charge in [0, 0.05) is 5.56 Å². The average molecular weight is 298 g/mol. The average Bonchev–Trinajstić information content (AvgIpc) is 2.62. The smallest absolute Gasteiger partial charge is 0.127 e. The Morgan fingerprint density at radius 1 is 0.652 bits per heavy atom. The summed E-state index contributed by atoms with van der Waals surface area (Å²) in [7, 11) is 1.74. The number of fused-ring (bicyclic) bond motifs is 2. The van der Waals surface area contributed by atoms with Crippen molar-refractivity contribution in [2.75, 3.05) is 7.11 Å². The summed E-state index contributed by atoms with van der Waals surface area (Å²) in [6.45, 7) is 2.16. The molecule has 0 unspecified atom stereocenters. The monoisotopic (exact) mass is 298 g/mol. The predicted octanol–water partition coefficient (Wildman–Crippen LogP) is 5.98. The molecule has 0 amide bonds. The Morgan fingerprint density at radius 2 is 1.35 bits per heavy atom. The van der Waals surface area contributed by atoms with Crippen LogP contribution in [-0.4, -0.2) is 7.11 Å². The maximum Gasteiger partial charge on any atom is 0.127 e. The molecule has 1 heteroatoms. The molecule has 4 aromatic rings. The number of hydrogen-bond donors (Lipinski definition) is 0. The van der Waals surface area contributed by atoms with E-state index in [2.05, 4.69) is 79.7 Å². The summed E-state index contributed by atoms with van der Waals surface area (Å²) in [5, 5.41) is 5.01. The van der Waals surface area contributed by atoms with Gasteiger partial charge in [0.05, 0.1) is 7.11 Å². The zero-order chi connectivity index (χ0) is 15.8. The van der Waals surface area contributed by atoms with Gasteiger partial charge in [0.25, 0.3) is 0 Å². The van der Waals surface area contributed by atoms with Gasteiger partial charge in [-0.25, -0.2) is 0 Å². The molecule has 1 nitrogen and oxygen atoms in total. The van der Waals surface area contributed by atoms with Gasteiger partial charge in [-0.1, -0.05) is 66.7 Å². The fourth-order valence-electron chi connectivity index (χ4n) is 3.37. The molecule has 0 bridgehead atoms. The lowest BCUT2D eigenvalue weighted by atomic mass is 9.91. The Labute approximate surface area is 136 Å². The van der Waals surface area contributed by atoms with E-state index in [4.69, 9.17) is 4.74 Å². The first-order chi connectivity index (χ1) is 11.3. The van der Waals surface area contributed by atoms with Crippen molar-refractivity contribution < 1.29 is 4.74 Å². The van der Waals surface area contributed by atoms with Crippen LogP contribution in [0.2, 0.25) is 0 Å². The minimum absolute atomic E-state index is 0.915. The molecule has 0 heterocycles. The van der Waals surface area contributed by atoms with Gasteiger partial charge < -0.3 is 4.74 Å². The molecule has 0 aliphatic heterocycles. The molecule has 0 radical (unpaired) electrons. The summed E-state index contributed by atoms with van der Waals surface area (Å²) in [6.07, 6.45) is 0. The van der Waals surface area contributed by atoms with Crippen molar-refractivity contribution in [1.29, 1.82) is 0 Å². The first kappa shape index (κ1) is 13.8. The van der Waals surface area contributed by atoms with E-state index < -0.39 is 0 Å². The van der Waals surface area contributed by atoms with Gasteiger partial charge in [-0.2, -0.15) is 0 Å². The lowest BCUT2D eigenvalue weighted by molar-refractivity contribution is 0.417. The highest BCUT2D eigenvalue weighted by atomic mass is 16.5. The third kappa shape index (κ3) is 2.17. The largest absolute Gasteiger partial charge is 0.496 e. The summed E-state index contributed by atoms with van der Waals surface area (Å²) in [6, 6.07) is 25.6. The number of hydrogen-bond acceptors (Lipinski definition) is 1. The second-order valence-corrected chi connectivity index (χ2v) is 5.84. The number of aryl methyl sites for hydroxylation is 1. The van der Waals surface area contributed by atoms with E-state index in [1.165, 1.54) is 38.2 Å². The van der Waals surface area contributed by atoms with Crippen LogP contribution in [0.3, 0.4) is 0 Å². The molecule has 0 atom stereocenters. The third-order valence-corrected chi connectivity index (χ3v) is 4.52. The van der Waals surface area contributed by atoms with E-state index in [0.29, 0.717) is 0 Å². The minimum atomic E-state index is 0.915. The van der Waals surface area contributed by atoms with Crippen LogP contribution < -0.4 is 4.74 Å². The quantitative estimate of drug-likeness (QED) is 0.442. The summed E-state index contributed by atoms with van der Waals surface area (Å²) < 4.78 is 5.69. The maximum absolute atomic E-state index is 5.69. The Hall–Kier alpha value is -2.80. The Bertz CT molecular complexity index is 1010. The molecule has 0 saturated heterocycles. The van der Waals surface area contributed by atoms with Crippen LogP contribution in [0.25, 0.3) is 32.7 Å². The fraction of sp³-hybridized carbons (Fsp3) is 0.0909. The highest BCUT2D eigenvalue weighted by Gasteiger charge is 2.13. The van der Waals surface area contributed by atoms with Crippen molar-refractivity contribution in [3.05, 3.63) is 78.4 Å². The van der Waals surface area contributed by atoms with Crippen LogP contribution in [0, 0.1) is 6.92 Å². The van der Waals surface area contributed by atoms with E-state index >= 15 is 0 Å². The number of methoxy groups -OCH3 is 1. The Morgan fingerprint density at radius 3 is 2.13 bits per heavy atom. The standard InChI is InChI=1S/C22H18O/c1-15-11-13-20(19-10-6-5-8-17(15)19)22-18-9-4-3-7-16(18)12-14-21(22)23-2/h3-14H,1-2H3. The van der Waals surface area contributed by atoms with Gasteiger partial charge in [-0.3, -0.25) is 0 Å². The van der Waals surface area contributed by atoms with Crippen molar-refractivity contribution in [2.24, 2.45) is 0 Å². The van der Waals surface area contributed by atoms with Gasteiger partial charge in [-0.15, -0.1) is 0 Å². The summed E-state index contributed by atoms with van der Waals surface area (Å²) in [4.78, 5) is 0. The molecule has 0 aliphatic carbocycles. The highest BCUT2D eigenvalue weighted by Crippen LogP contribution is 2.40. The highest BCUT2D eigenvalue weighted by molar-refractivity contribution is 6.08. The van der Waals surface area contributed by atoms with Crippen molar-refractivity contribution in [2.45, 2.75) is 6.92 Å². The van der Waals surface area contributed by atoms with Gasteiger partial charge in [0.15, 0.2) is 0 Å². The van der Waals surface area contributed by atoms with Crippen molar-refractivity contribution >= 4 is 21.5 Å². The van der Waals surface area contributed by atoms with E-state index in [-0.39, 0.29) is 0 Å². The Balaban J connectivity index is 2.17. The summed E-state index contributed by atoms with van der Waals surface area (Å²) in [5.41, 5.74) is 3.69. The van der Waals surface area contributed by atoms with Crippen molar-refractivity contribution in [3.63, 3.8) is 0 Å². The van der Waals surface area contributed by atoms with Gasteiger partial charge in [0.2, 0.25) is 0 Å². The van der Waals surface area contributed by atoms with Crippen molar-refractivity contribution in [1.82, 2.24) is 0 Å². The van der Waals surface area contributed by atoms with Gasteiger partial charge >= 0.3 is 0 Å². The zero-order valence-electron chi connectivity index (χ0n) is 13.3. The molecule has 0 aliphatic rings. The second-order valence-electron chi connectivity index (χ2n) is 5.84. The van der Waals surface area contributed by atoms with E-state index in [1.807, 2.05) is 0 Å². The third-order valence-electron chi connectivity index (χ3n) is 4.52. The molecule has 0 spiro atoms. The van der Waals surface area contributed by atoms with Gasteiger partial charge in [-0.05, 0) is 45.7 Å². The molecule has 0 aromatic heterocycles. The SMILES string of the molecule is COc1ccc2ccccc2c1-c1ccc(C)c2ccccc12. The fourth-order valence-corrected chi connectivity index (χ4v) is 3.37. The molecule has 0 saturated carbocycles. The lowest BCUT2D eigenvalue weighted by Crippen LogP contribution is -1.91. The molecule has 4 rings (SSSR count). The first-order valence-electron chi connectivity index (χ1n) is 7.84. The van der Waals surface area contributed by atoms with Crippen LogP contribution in [-0.2, 0) is 0 Å². The Kier molecular flexibility index (Phi) is 3.27. The van der Waals surface area contributed by atoms with Crippen LogP contribution in [0.1, 0.15) is 5.56 Å². The first-order valence-corrected chi connectivity index (χ1v) is 7.84. The van der Waals surface area contributed by atoms with Crippen LogP contribution in [0.5, 0.6) is 5.75 Å². The minimum Gasteiger partial charge on any atom is -0.496 e. The summed E-state index contributed by atoms with van der Waals surface area (Å²) in [5.74, 6) is 0.915. The topological polar surface area (TPSA) is 9.23 Å². The number of benzene rings is 4. The molecular formula is C22H18O. The van der Waals surface area contributed by atoms with Crippen molar-refractivity contribution in [3.8, 4) is 16.9 Å². The molecule has 0 fully saturated rings. The van der Waals surface area contributed by atoms with E-state index in [9.17, 15) is 0 Å².